The summed E-state index contributed by atoms with van der Waals surface area (Å²) in [6.07, 6.45) is 0. The number of β-lactam (4-membered cyclic amide) rings is 1. The third kappa shape index (κ3) is 6.05. The number of thioether (sulfide) groups is 1. The second-order valence-electron chi connectivity index (χ2n) is 8.67. The molecule has 2 aliphatic heterocycles. The molecule has 4 unspecified atom stereocenters. The van der Waals surface area contributed by atoms with Crippen LogP contribution in [0.3, 0.4) is 0 Å². The molecule has 2 aromatic rings. The van der Waals surface area contributed by atoms with Crippen molar-refractivity contribution in [1.82, 2.24) is 10.2 Å². The van der Waals surface area contributed by atoms with Crippen molar-refractivity contribution in [2.75, 3.05) is 6.79 Å². The summed E-state index contributed by atoms with van der Waals surface area (Å²) < 4.78 is 34.1. The Hall–Kier alpha value is -3.17. The van der Waals surface area contributed by atoms with Gasteiger partial charge in [-0.3, -0.25) is 14.1 Å². The Labute approximate surface area is 217 Å². The summed E-state index contributed by atoms with van der Waals surface area (Å²) in [6.45, 7) is 2.93. The molecule has 2 saturated heterocycles. The number of nitrogens with one attached hydrogen (secondary N) is 1. The lowest BCUT2D eigenvalue weighted by Crippen LogP contribution is -2.71. The van der Waals surface area contributed by atoms with Gasteiger partial charge in [-0.05, 0) is 31.5 Å². The van der Waals surface area contributed by atoms with Gasteiger partial charge in [0.05, 0.1) is 0 Å². The number of carbonyl (C=O) groups excluding carboxylic acids is 2. The summed E-state index contributed by atoms with van der Waals surface area (Å²) >= 11 is 1.38. The van der Waals surface area contributed by atoms with Gasteiger partial charge in [0.15, 0.2) is 6.79 Å². The average molecular weight is 554 g/mol. The highest BCUT2D eigenvalue weighted by Gasteiger charge is 2.64. The molecule has 200 valence electrons. The molecule has 4 atom stereocenters. The third-order valence-corrected chi connectivity index (χ3v) is 8.23. The smallest absolute Gasteiger partial charge is 0.327 e. The van der Waals surface area contributed by atoms with Crippen LogP contribution < -0.4 is 15.8 Å². The topological polar surface area (TPSA) is 197 Å². The summed E-state index contributed by atoms with van der Waals surface area (Å²) in [5, 5.41) is 20.1. The molecule has 2 aliphatic rings. The van der Waals surface area contributed by atoms with Crippen molar-refractivity contribution in [2.45, 2.75) is 47.0 Å². The van der Waals surface area contributed by atoms with Gasteiger partial charge in [-0.1, -0.05) is 42.5 Å². The molecule has 2 aromatic carbocycles. The van der Waals surface area contributed by atoms with Crippen LogP contribution in [0.4, 0.5) is 0 Å². The first kappa shape index (κ1) is 28.4. The van der Waals surface area contributed by atoms with Crippen molar-refractivity contribution in [3.63, 3.8) is 0 Å². The van der Waals surface area contributed by atoms with Gasteiger partial charge in [-0.15, -0.1) is 11.8 Å². The highest BCUT2D eigenvalue weighted by molar-refractivity contribution is 8.01. The van der Waals surface area contributed by atoms with Crippen LogP contribution in [0.25, 0.3) is 0 Å². The number of rotatable bonds is 7. The van der Waals surface area contributed by atoms with Crippen molar-refractivity contribution < 1.29 is 42.3 Å². The van der Waals surface area contributed by atoms with Crippen LogP contribution in [-0.2, 0) is 24.5 Å². The quantitative estimate of drug-likeness (QED) is 0.183. The Morgan fingerprint density at radius 3 is 2.32 bits per heavy atom. The molecule has 2 fully saturated rings. The van der Waals surface area contributed by atoms with Crippen molar-refractivity contribution in [3.05, 3.63) is 60.2 Å². The number of carboxylic acids is 1. The number of benzene rings is 2. The SMILES string of the molecule is CC1(C)SC2C(NC(=O)C(N)c3ccccc3)C(=O)N2C1C(=O)O.O=S(=O)(O)c1ccccc1OCO. The molecule has 12 nitrogen and oxygen atoms in total. The van der Waals surface area contributed by atoms with Crippen LogP contribution >= 0.6 is 11.8 Å². The lowest BCUT2D eigenvalue weighted by molar-refractivity contribution is -0.161. The Kier molecular flexibility index (Phi) is 8.49. The molecule has 0 radical (unpaired) electrons. The van der Waals surface area contributed by atoms with Gasteiger partial charge < -0.3 is 30.9 Å². The number of para-hydroxylation sites is 1. The summed E-state index contributed by atoms with van der Waals surface area (Å²) in [5.41, 5.74) is 6.59. The molecule has 0 aromatic heterocycles. The van der Waals surface area contributed by atoms with Gasteiger partial charge in [0.2, 0.25) is 11.8 Å². The molecule has 0 saturated carbocycles. The van der Waals surface area contributed by atoms with Crippen LogP contribution in [0.1, 0.15) is 25.5 Å². The second kappa shape index (κ2) is 11.1. The van der Waals surface area contributed by atoms with E-state index in [0.717, 1.165) is 0 Å². The van der Waals surface area contributed by atoms with E-state index in [9.17, 15) is 27.9 Å². The maximum absolute atomic E-state index is 12.3. The highest BCUT2D eigenvalue weighted by atomic mass is 32.2. The monoisotopic (exact) mass is 553 g/mol. The zero-order valence-electron chi connectivity index (χ0n) is 19.8. The second-order valence-corrected chi connectivity index (χ2v) is 11.8. The lowest BCUT2D eigenvalue weighted by atomic mass is 9.95. The first-order valence-corrected chi connectivity index (χ1v) is 13.3. The molecule has 6 N–H and O–H groups in total. The van der Waals surface area contributed by atoms with Gasteiger partial charge in [0.1, 0.15) is 34.1 Å². The molecule has 4 rings (SSSR count). The predicted octanol–water partition coefficient (Wildman–Crippen LogP) is 0.580. The molecule has 2 heterocycles. The van der Waals surface area contributed by atoms with Gasteiger partial charge in [0, 0.05) is 4.75 Å². The van der Waals surface area contributed by atoms with E-state index >= 15 is 0 Å². The standard InChI is InChI=1S/C16H19N3O4S.C7H8O5S/c1-16(2)11(15(22)23)19-13(21)10(14(19)24-16)18-12(20)9(17)8-6-4-3-5-7-8;8-5-12-6-3-1-2-4-7(6)13(9,10)11/h3-7,9-11,14H,17H2,1-2H3,(H,18,20)(H,22,23);1-4,8H,5H2,(H,9,10,11). The van der Waals surface area contributed by atoms with Gasteiger partial charge in [0.25, 0.3) is 10.1 Å². The fourth-order valence-corrected chi connectivity index (χ4v) is 6.31. The minimum absolute atomic E-state index is 0.0764. The van der Waals surface area contributed by atoms with Gasteiger partial charge >= 0.3 is 5.97 Å². The van der Waals surface area contributed by atoms with Crippen LogP contribution in [0.2, 0.25) is 0 Å². The predicted molar refractivity (Wildman–Crippen MR) is 133 cm³/mol. The number of carbonyl (C=O) groups is 3. The Morgan fingerprint density at radius 2 is 1.76 bits per heavy atom. The number of nitrogens with zero attached hydrogens (tertiary/aromatic N) is 1. The van der Waals surface area contributed by atoms with Crippen molar-refractivity contribution in [2.24, 2.45) is 5.73 Å². The van der Waals surface area contributed by atoms with E-state index in [-0.39, 0.29) is 21.9 Å². The number of fused-ring (bicyclic) bond motifs is 1. The number of aliphatic hydroxyl groups is 1. The minimum atomic E-state index is -4.29. The molecular weight excluding hydrogens is 526 g/mol. The summed E-state index contributed by atoms with van der Waals surface area (Å²) in [5.74, 6) is -1.93. The first-order valence-electron chi connectivity index (χ1n) is 10.9. The average Bonchev–Trinajstić information content (AvgIpc) is 3.10. The number of amides is 2. The summed E-state index contributed by atoms with van der Waals surface area (Å²) in [4.78, 5) is 37.1. The molecule has 14 heteroatoms. The fraction of sp³-hybridized carbons (Fsp3) is 0.348. The number of aliphatic hydroxyl groups excluding tert-OH is 1. The molecule has 0 spiro atoms. The number of carboxylic acid groups (broad SMARTS) is 1. The van der Waals surface area contributed by atoms with E-state index in [4.69, 9.17) is 15.4 Å². The molecule has 2 amide bonds. The zero-order valence-corrected chi connectivity index (χ0v) is 21.5. The van der Waals surface area contributed by atoms with E-state index in [0.29, 0.717) is 5.56 Å². The number of nitrogens with two attached hydrogens (primary N) is 1. The Morgan fingerprint density at radius 1 is 1.16 bits per heavy atom. The van der Waals surface area contributed by atoms with Crippen LogP contribution in [-0.4, -0.2) is 74.9 Å². The zero-order chi connectivity index (χ0) is 27.5. The lowest BCUT2D eigenvalue weighted by Gasteiger charge is -2.43. The van der Waals surface area contributed by atoms with Crippen molar-refractivity contribution in [1.29, 1.82) is 0 Å². The molecule has 37 heavy (non-hydrogen) atoms. The number of ether oxygens (including phenoxy) is 1. The third-order valence-electron chi connectivity index (χ3n) is 5.76. The number of hydrogen-bond acceptors (Lipinski definition) is 9. The van der Waals surface area contributed by atoms with Crippen molar-refractivity contribution >= 4 is 39.7 Å². The van der Waals surface area contributed by atoms with E-state index in [2.05, 4.69) is 10.1 Å². The molecular formula is C23H27N3O9S2. The van der Waals surface area contributed by atoms with Crippen LogP contribution in [0, 0.1) is 0 Å². The summed E-state index contributed by atoms with van der Waals surface area (Å²) in [6, 6.07) is 11.9. The van der Waals surface area contributed by atoms with E-state index in [1.165, 1.54) is 40.9 Å². The Bertz CT molecular complexity index is 1270. The first-order chi connectivity index (χ1) is 17.3. The Balaban J connectivity index is 0.000000248. The maximum atomic E-state index is 12.3. The molecule has 0 aliphatic carbocycles. The maximum Gasteiger partial charge on any atom is 0.327 e. The van der Waals surface area contributed by atoms with Gasteiger partial charge in [-0.2, -0.15) is 8.42 Å². The molecule has 0 bridgehead atoms. The minimum Gasteiger partial charge on any atom is -0.480 e. The highest BCUT2D eigenvalue weighted by Crippen LogP contribution is 2.50. The van der Waals surface area contributed by atoms with E-state index in [1.54, 1.807) is 38.1 Å². The van der Waals surface area contributed by atoms with Gasteiger partial charge in [-0.25, -0.2) is 4.79 Å². The normalized spacial score (nSPS) is 22.6. The number of aliphatic carboxylic acids is 1. The van der Waals surface area contributed by atoms with Crippen molar-refractivity contribution in [3.8, 4) is 5.75 Å². The van der Waals surface area contributed by atoms with Crippen LogP contribution in [0.5, 0.6) is 5.75 Å². The fourth-order valence-electron chi connectivity index (χ4n) is 4.05. The summed E-state index contributed by atoms with van der Waals surface area (Å²) in [7, 11) is -4.29. The number of hydrogen-bond donors (Lipinski definition) is 5. The van der Waals surface area contributed by atoms with Crippen LogP contribution in [0.15, 0.2) is 59.5 Å². The van der Waals surface area contributed by atoms with E-state index < -0.39 is 51.7 Å². The van der Waals surface area contributed by atoms with E-state index in [1.807, 2.05) is 6.07 Å². The largest absolute Gasteiger partial charge is 0.480 e.